The third kappa shape index (κ3) is 6.28. The molecule has 146 valence electrons. The number of hydrogen-bond acceptors (Lipinski definition) is 2. The highest BCUT2D eigenvalue weighted by Gasteiger charge is 2.15. The molecule has 0 spiro atoms. The normalized spacial score (nSPS) is 11.1. The minimum Gasteiger partial charge on any atom is -0.492 e. The average Bonchev–Trinajstić information content (AvgIpc) is 2.63. The van der Waals surface area contributed by atoms with Crippen molar-refractivity contribution >= 4 is 27.6 Å². The fourth-order valence-corrected chi connectivity index (χ4v) is 3.17. The van der Waals surface area contributed by atoms with Crippen molar-refractivity contribution in [2.75, 3.05) is 24.6 Å². The molecule has 2 aromatic carbocycles. The van der Waals surface area contributed by atoms with Gasteiger partial charge in [0.15, 0.2) is 0 Å². The van der Waals surface area contributed by atoms with Gasteiger partial charge in [0.1, 0.15) is 5.75 Å². The molecule has 0 fully saturated rings. The summed E-state index contributed by atoms with van der Waals surface area (Å²) in [7, 11) is 0. The first-order valence-corrected chi connectivity index (χ1v) is 10.2. The van der Waals surface area contributed by atoms with E-state index in [2.05, 4.69) is 54.2 Å². The first-order chi connectivity index (χ1) is 12.8. The molecule has 2 rings (SSSR count). The Bertz CT molecular complexity index is 742. The zero-order valence-corrected chi connectivity index (χ0v) is 18.2. The molecule has 4 nitrogen and oxygen atoms in total. The van der Waals surface area contributed by atoms with E-state index in [1.165, 1.54) is 5.56 Å². The molecule has 0 aliphatic rings. The van der Waals surface area contributed by atoms with Crippen molar-refractivity contribution in [3.8, 4) is 5.75 Å². The summed E-state index contributed by atoms with van der Waals surface area (Å²) < 4.78 is 6.80. The molecular formula is C22H29BrN2O2. The second-order valence-corrected chi connectivity index (χ2v) is 8.26. The van der Waals surface area contributed by atoms with Crippen LogP contribution < -0.4 is 15.0 Å². The number of urea groups is 1. The predicted molar refractivity (Wildman–Crippen MR) is 116 cm³/mol. The highest BCUT2D eigenvalue weighted by atomic mass is 79.9. The van der Waals surface area contributed by atoms with Gasteiger partial charge in [-0.15, -0.1) is 0 Å². The molecular weight excluding hydrogens is 404 g/mol. The van der Waals surface area contributed by atoms with Crippen LogP contribution in [0.5, 0.6) is 5.75 Å². The molecule has 0 aliphatic carbocycles. The summed E-state index contributed by atoms with van der Waals surface area (Å²) in [5.41, 5.74) is 2.26. The molecule has 0 aliphatic heterocycles. The number of carbonyl (C=O) groups excluding carboxylic acids is 1. The lowest BCUT2D eigenvalue weighted by Gasteiger charge is -2.21. The first kappa shape index (κ1) is 21.3. The van der Waals surface area contributed by atoms with Crippen molar-refractivity contribution < 1.29 is 9.53 Å². The smallest absolute Gasteiger partial charge is 0.321 e. The molecule has 27 heavy (non-hydrogen) atoms. The Labute approximate surface area is 171 Å². The van der Waals surface area contributed by atoms with Gasteiger partial charge in [-0.05, 0) is 64.5 Å². The molecule has 0 atom stereocenters. The maximum Gasteiger partial charge on any atom is 0.321 e. The summed E-state index contributed by atoms with van der Waals surface area (Å²) in [6.07, 6.45) is 0.742. The van der Waals surface area contributed by atoms with Gasteiger partial charge in [-0.2, -0.15) is 0 Å². The van der Waals surface area contributed by atoms with Gasteiger partial charge in [-0.3, -0.25) is 4.90 Å². The summed E-state index contributed by atoms with van der Waals surface area (Å²) in [6.45, 7) is 10.3. The van der Waals surface area contributed by atoms with Crippen LogP contribution in [0.4, 0.5) is 10.5 Å². The van der Waals surface area contributed by atoms with Crippen LogP contribution in [0.3, 0.4) is 0 Å². The number of para-hydroxylation sites is 1. The topological polar surface area (TPSA) is 41.6 Å². The molecule has 0 heterocycles. The number of anilines is 1. The summed E-state index contributed by atoms with van der Waals surface area (Å²) in [5, 5.41) is 2.96. The third-order valence-electron chi connectivity index (χ3n) is 4.28. The van der Waals surface area contributed by atoms with Crippen LogP contribution in [0.25, 0.3) is 0 Å². The van der Waals surface area contributed by atoms with Crippen LogP contribution in [0, 0.1) is 0 Å². The van der Waals surface area contributed by atoms with Gasteiger partial charge in [0.05, 0.1) is 11.1 Å². The van der Waals surface area contributed by atoms with Crippen LogP contribution >= 0.6 is 15.9 Å². The van der Waals surface area contributed by atoms with Crippen molar-refractivity contribution in [1.29, 1.82) is 0 Å². The third-order valence-corrected chi connectivity index (χ3v) is 4.90. The summed E-state index contributed by atoms with van der Waals surface area (Å²) in [4.78, 5) is 14.1. The van der Waals surface area contributed by atoms with E-state index in [-0.39, 0.29) is 11.4 Å². The van der Waals surface area contributed by atoms with Gasteiger partial charge in [-0.1, -0.05) is 45.0 Å². The first-order valence-electron chi connectivity index (χ1n) is 9.36. The Balaban J connectivity index is 1.78. The van der Waals surface area contributed by atoms with Crippen LogP contribution in [-0.2, 0) is 5.41 Å². The number of nitrogens with zero attached hydrogens (tertiary/aromatic N) is 1. The van der Waals surface area contributed by atoms with Gasteiger partial charge in [0.25, 0.3) is 0 Å². The van der Waals surface area contributed by atoms with Gasteiger partial charge in [-0.25, -0.2) is 4.79 Å². The lowest BCUT2D eigenvalue weighted by molar-refractivity contribution is 0.244. The molecule has 0 radical (unpaired) electrons. The molecule has 0 bridgehead atoms. The Hall–Kier alpha value is -2.01. The Kier molecular flexibility index (Phi) is 7.72. The number of carbonyl (C=O) groups is 1. The van der Waals surface area contributed by atoms with Crippen LogP contribution in [-0.4, -0.2) is 25.7 Å². The zero-order chi connectivity index (χ0) is 19.9. The predicted octanol–water partition coefficient (Wildman–Crippen LogP) is 5.75. The average molecular weight is 433 g/mol. The number of amides is 2. The Morgan fingerprint density at radius 2 is 1.85 bits per heavy atom. The maximum absolute atomic E-state index is 12.4. The summed E-state index contributed by atoms with van der Waals surface area (Å²) in [6, 6.07) is 15.8. The van der Waals surface area contributed by atoms with Crippen molar-refractivity contribution in [2.45, 2.75) is 39.5 Å². The molecule has 5 heteroatoms. The maximum atomic E-state index is 12.4. The summed E-state index contributed by atoms with van der Waals surface area (Å²) >= 11 is 3.58. The number of nitrogens with one attached hydrogen (secondary N) is 1. The van der Waals surface area contributed by atoms with Crippen molar-refractivity contribution in [3.63, 3.8) is 0 Å². The Morgan fingerprint density at radius 1 is 1.15 bits per heavy atom. The fourth-order valence-electron chi connectivity index (χ4n) is 2.68. The van der Waals surface area contributed by atoms with Crippen molar-refractivity contribution in [2.24, 2.45) is 0 Å². The van der Waals surface area contributed by atoms with E-state index in [4.69, 9.17) is 4.74 Å². The van der Waals surface area contributed by atoms with Crippen molar-refractivity contribution in [3.05, 3.63) is 58.6 Å². The molecule has 0 unspecified atom stereocenters. The van der Waals surface area contributed by atoms with E-state index in [0.29, 0.717) is 19.7 Å². The van der Waals surface area contributed by atoms with E-state index < -0.39 is 0 Å². The molecule has 0 saturated heterocycles. The lowest BCUT2D eigenvalue weighted by atomic mass is 9.87. The van der Waals surface area contributed by atoms with Gasteiger partial charge < -0.3 is 10.1 Å². The molecule has 1 N–H and O–H groups in total. The van der Waals surface area contributed by atoms with E-state index >= 15 is 0 Å². The number of halogens is 1. The minimum atomic E-state index is -0.0839. The minimum absolute atomic E-state index is 0.0839. The standard InChI is InChI=1S/C22H29BrN2O2/c1-5-25(18-10-7-6-8-11-18)21(26)24-14-9-15-27-20-13-12-17(16-19(20)23)22(2,3)4/h6-8,10-13,16H,5,9,14-15H2,1-4H3,(H,24,26). The van der Waals surface area contributed by atoms with Gasteiger partial charge >= 0.3 is 6.03 Å². The SMILES string of the molecule is CCN(C(=O)NCCCOc1ccc(C(C)(C)C)cc1Br)c1ccccc1. The van der Waals surface area contributed by atoms with Crippen molar-refractivity contribution in [1.82, 2.24) is 5.32 Å². The molecule has 2 amide bonds. The second-order valence-electron chi connectivity index (χ2n) is 7.41. The van der Waals surface area contributed by atoms with E-state index in [9.17, 15) is 4.79 Å². The monoisotopic (exact) mass is 432 g/mol. The molecule has 2 aromatic rings. The summed E-state index contributed by atoms with van der Waals surface area (Å²) in [5.74, 6) is 0.828. The number of benzene rings is 2. The number of hydrogen-bond donors (Lipinski definition) is 1. The van der Waals surface area contributed by atoms with Crippen LogP contribution in [0.15, 0.2) is 53.0 Å². The lowest BCUT2D eigenvalue weighted by Crippen LogP contribution is -2.40. The number of ether oxygens (including phenoxy) is 1. The zero-order valence-electron chi connectivity index (χ0n) is 16.6. The quantitative estimate of drug-likeness (QED) is 0.565. The highest BCUT2D eigenvalue weighted by Crippen LogP contribution is 2.31. The second kappa shape index (κ2) is 9.79. The van der Waals surface area contributed by atoms with E-state index in [1.807, 2.05) is 43.3 Å². The van der Waals surface area contributed by atoms with E-state index in [1.54, 1.807) is 4.90 Å². The fraction of sp³-hybridized carbons (Fsp3) is 0.409. The van der Waals surface area contributed by atoms with Gasteiger partial charge in [0, 0.05) is 18.8 Å². The highest BCUT2D eigenvalue weighted by molar-refractivity contribution is 9.10. The Morgan fingerprint density at radius 3 is 2.44 bits per heavy atom. The van der Waals surface area contributed by atoms with Gasteiger partial charge in [0.2, 0.25) is 0 Å². The largest absolute Gasteiger partial charge is 0.492 e. The van der Waals surface area contributed by atoms with Crippen LogP contribution in [0.2, 0.25) is 0 Å². The molecule has 0 aromatic heterocycles. The van der Waals surface area contributed by atoms with E-state index in [0.717, 1.165) is 22.3 Å². The van der Waals surface area contributed by atoms with Crippen LogP contribution in [0.1, 0.15) is 39.7 Å². The number of rotatable bonds is 7. The molecule has 0 saturated carbocycles.